The molecule has 2 aliphatic carbocycles. The number of allylic oxidation sites excluding steroid dienone is 3. The number of nitrogens with zero attached hydrogens (tertiary/aromatic N) is 2. The number of hydrogen-bond donors (Lipinski definition) is 4. The van der Waals surface area contributed by atoms with Crippen LogP contribution in [0.4, 0.5) is 14.4 Å². The number of carbonyl (C=O) groups excluding carboxylic acids is 8. The van der Waals surface area contributed by atoms with Crippen LogP contribution in [0, 0.1) is 35.5 Å². The van der Waals surface area contributed by atoms with Crippen molar-refractivity contribution in [3.8, 4) is 0 Å². The first-order valence-corrected chi connectivity index (χ1v) is 26.9. The van der Waals surface area contributed by atoms with Crippen LogP contribution in [0.2, 0.25) is 0 Å². The van der Waals surface area contributed by atoms with E-state index in [9.17, 15) is 48.6 Å². The number of epoxide rings is 1. The molecule has 0 aromatic carbocycles. The van der Waals surface area contributed by atoms with E-state index in [4.69, 9.17) is 47.5 Å². The summed E-state index contributed by atoms with van der Waals surface area (Å²) in [5, 5.41) is 29.3. The highest BCUT2D eigenvalue weighted by atomic mass is 16.7. The summed E-state index contributed by atoms with van der Waals surface area (Å²) in [5.74, 6) is -6.20. The van der Waals surface area contributed by atoms with Crippen LogP contribution in [0.25, 0.3) is 0 Å². The summed E-state index contributed by atoms with van der Waals surface area (Å²) in [4.78, 5) is 111. The van der Waals surface area contributed by atoms with Gasteiger partial charge in [0.1, 0.15) is 61.0 Å². The molecule has 24 nitrogen and oxygen atoms in total. The van der Waals surface area contributed by atoms with Crippen molar-refractivity contribution in [3.05, 3.63) is 35.1 Å². The average molecular weight is 1110 g/mol. The van der Waals surface area contributed by atoms with Gasteiger partial charge in [0.15, 0.2) is 5.72 Å². The molecular weight excluding hydrogens is 1020 g/mol. The monoisotopic (exact) mass is 1100 g/mol. The van der Waals surface area contributed by atoms with Gasteiger partial charge in [-0.15, -0.1) is 5.06 Å². The molecule has 0 aromatic rings. The van der Waals surface area contributed by atoms with Crippen LogP contribution in [0.3, 0.4) is 0 Å². The van der Waals surface area contributed by atoms with E-state index >= 15 is 0 Å². The minimum Gasteiger partial charge on any atom is -0.497 e. The number of aliphatic hydroxyl groups excluding tert-OH is 1. The van der Waals surface area contributed by atoms with Crippen LogP contribution in [-0.4, -0.2) is 176 Å². The average Bonchev–Trinajstić information content (AvgIpc) is 4.16. The van der Waals surface area contributed by atoms with Crippen LogP contribution in [0.1, 0.15) is 113 Å². The number of likely N-dealkylation sites (N-methyl/N-ethyl adjacent to an activating group) is 1. The summed E-state index contributed by atoms with van der Waals surface area (Å²) in [6.07, 6.45) is -0.349. The fourth-order valence-electron chi connectivity index (χ4n) is 11.0. The second-order valence-electron chi connectivity index (χ2n) is 21.9. The highest BCUT2D eigenvalue weighted by molar-refractivity contribution is 6.02. The Bertz CT molecular complexity index is 2290. The van der Waals surface area contributed by atoms with E-state index in [0.717, 1.165) is 34.6 Å². The summed E-state index contributed by atoms with van der Waals surface area (Å²) in [5.41, 5.74) is -0.837. The lowest BCUT2D eigenvalue weighted by Crippen LogP contribution is -2.64. The fraction of sp³-hybridized carbons (Fsp3) is 0.741. The Morgan fingerprint density at radius 3 is 2.37 bits per heavy atom. The number of fused-ring (bicyclic) bond motifs is 5. The van der Waals surface area contributed by atoms with Crippen molar-refractivity contribution < 1.29 is 96.0 Å². The van der Waals surface area contributed by atoms with Gasteiger partial charge in [0.2, 0.25) is 0 Å². The number of hydroxylamine groups is 2. The number of alkyl carbamates (subject to hydrolysis) is 2. The Balaban J connectivity index is 1.13. The molecule has 4 heterocycles. The highest BCUT2D eigenvalue weighted by Crippen LogP contribution is 2.50. The number of aliphatic hydroxyl groups is 2. The van der Waals surface area contributed by atoms with E-state index < -0.39 is 133 Å². The maximum atomic E-state index is 14.3. The van der Waals surface area contributed by atoms with Crippen molar-refractivity contribution >= 4 is 47.8 Å². The number of ether oxygens (including phenoxy) is 9. The third-order valence-corrected chi connectivity index (χ3v) is 16.2. The minimum absolute atomic E-state index is 0.0225. The summed E-state index contributed by atoms with van der Waals surface area (Å²) in [6, 6.07) is -1.71. The lowest BCUT2D eigenvalue weighted by atomic mass is 9.73. The number of hydrogen-bond acceptors (Lipinski definition) is 20. The number of nitrogens with one attached hydrogen (secondary N) is 2. The summed E-state index contributed by atoms with van der Waals surface area (Å²) >= 11 is 0. The number of ketones is 1. The second kappa shape index (κ2) is 27.0. The molecule has 15 atom stereocenters. The number of rotatable bonds is 15. The molecular formula is C54H80N4O20. The molecule has 4 bridgehead atoms. The van der Waals surface area contributed by atoms with E-state index in [1.54, 1.807) is 26.2 Å². The molecule has 78 heavy (non-hydrogen) atoms. The number of methoxy groups -OCH3 is 2. The Hall–Kier alpha value is -5.66. The Labute approximate surface area is 455 Å². The molecule has 1 saturated carbocycles. The number of carbonyl (C=O) groups is 8. The quantitative estimate of drug-likeness (QED) is 0.0584. The Morgan fingerprint density at radius 1 is 0.962 bits per heavy atom. The molecule has 436 valence electrons. The molecule has 24 heteroatoms. The third-order valence-electron chi connectivity index (χ3n) is 16.2. The first-order valence-electron chi connectivity index (χ1n) is 26.9. The van der Waals surface area contributed by atoms with Gasteiger partial charge in [-0.05, 0) is 68.6 Å². The minimum atomic E-state index is -1.76. The lowest BCUT2D eigenvalue weighted by molar-refractivity contribution is -0.199. The lowest BCUT2D eigenvalue weighted by Gasteiger charge is -2.43. The van der Waals surface area contributed by atoms with E-state index in [-0.39, 0.29) is 74.9 Å². The molecule has 0 aromatic heterocycles. The van der Waals surface area contributed by atoms with Crippen LogP contribution >= 0.6 is 0 Å². The summed E-state index contributed by atoms with van der Waals surface area (Å²) in [6.45, 7) is 11.8. The van der Waals surface area contributed by atoms with Crippen molar-refractivity contribution in [2.45, 2.75) is 167 Å². The number of amides is 5. The molecule has 0 spiro atoms. The van der Waals surface area contributed by atoms with Gasteiger partial charge in [-0.3, -0.25) is 24.5 Å². The van der Waals surface area contributed by atoms with Crippen molar-refractivity contribution in [3.63, 3.8) is 0 Å². The standard InChI is InChI=1S/C54H80N4O20/c1-29-13-11-15-43(70-10)54(68)25-42(75-51(66)56-54)34(6)47-53(7,77-47)44(24-40(60)32(4)37-22-35(21-29)23-41(69-9)33(37)5)76-48(63)31(3)30(2)39(59)18-20-73-50(65)55-38(49(64)78-58-45(61)16-17-46(58)62)26-57(8)52(67)74-36-14-12-19-71-28-72-27-36/h12,14,23,29-32,34,36-38,40,42-44,47,60,68H,11,13,15-22,24-28H2,1-10H3,(H,55,65)(H,56,66)/b14-12+/t29?,30?,31-,32?,34-,36?,37?,38?,40?,42+,43?,44+,47+,53+,54?/m1/s1. The van der Waals surface area contributed by atoms with Crippen LogP contribution < -0.4 is 10.6 Å². The van der Waals surface area contributed by atoms with Crippen LogP contribution in [0.5, 0.6) is 0 Å². The normalized spacial score (nSPS) is 33.4. The topological polar surface area (TPSA) is 303 Å². The maximum Gasteiger partial charge on any atom is 0.410 e. The molecule has 5 amide bonds. The third kappa shape index (κ3) is 15.4. The Kier molecular flexibility index (Phi) is 21.3. The van der Waals surface area contributed by atoms with Crippen LogP contribution in [-0.2, 0) is 71.4 Å². The number of esters is 1. The number of imide groups is 1. The summed E-state index contributed by atoms with van der Waals surface area (Å²) in [7, 11) is 4.38. The highest BCUT2D eigenvalue weighted by Gasteiger charge is 2.64. The predicted octanol–water partition coefficient (Wildman–Crippen LogP) is 4.29. The zero-order chi connectivity index (χ0) is 57.2. The molecule has 0 radical (unpaired) electrons. The SMILES string of the molecule is COC1=C(C)C2CC(=C1)CC(C)CCCC(OC)C1(O)C[C@H](OC(=O)N1)[C@@H](C)[C@@H]1O[C@@]1(C)[C@@H](OC(=O)[C@H](C)C(C)C(=O)CCOC(=O)NC(CN(C)C(=O)OC1/C=C/COCOC1)C(=O)ON1C(=O)CCC1=O)CC(O)C2C. The van der Waals surface area contributed by atoms with Gasteiger partial charge in [-0.2, -0.15) is 0 Å². The maximum absolute atomic E-state index is 14.3. The van der Waals surface area contributed by atoms with Crippen molar-refractivity contribution in [2.24, 2.45) is 35.5 Å². The second-order valence-corrected chi connectivity index (χ2v) is 21.9. The molecule has 4 aliphatic heterocycles. The molecule has 6 rings (SSSR count). The van der Waals surface area contributed by atoms with E-state index in [1.807, 2.05) is 20.8 Å². The van der Waals surface area contributed by atoms with Gasteiger partial charge in [0.25, 0.3) is 11.8 Å². The van der Waals surface area contributed by atoms with E-state index in [0.29, 0.717) is 19.3 Å². The van der Waals surface area contributed by atoms with E-state index in [1.165, 1.54) is 28.0 Å². The zero-order valence-electron chi connectivity index (χ0n) is 46.5. The molecule has 4 fully saturated rings. The molecule has 9 unspecified atom stereocenters. The first kappa shape index (κ1) is 61.6. The number of Topliss-reactive ketones (excluding diaryl/α,β-unsaturated/α-hetero) is 1. The predicted molar refractivity (Wildman–Crippen MR) is 272 cm³/mol. The summed E-state index contributed by atoms with van der Waals surface area (Å²) < 4.78 is 51.3. The van der Waals surface area contributed by atoms with Gasteiger partial charge in [-0.1, -0.05) is 59.1 Å². The van der Waals surface area contributed by atoms with Crippen molar-refractivity contribution in [1.29, 1.82) is 0 Å². The van der Waals surface area contributed by atoms with Gasteiger partial charge < -0.3 is 67.9 Å². The van der Waals surface area contributed by atoms with Gasteiger partial charge in [0, 0.05) is 58.1 Å². The largest absolute Gasteiger partial charge is 0.497 e. The first-order chi connectivity index (χ1) is 36.9. The van der Waals surface area contributed by atoms with Crippen molar-refractivity contribution in [1.82, 2.24) is 20.6 Å². The Morgan fingerprint density at radius 2 is 1.68 bits per heavy atom. The smallest absolute Gasteiger partial charge is 0.410 e. The molecule has 4 N–H and O–H groups in total. The zero-order valence-corrected chi connectivity index (χ0v) is 46.5. The fourth-order valence-corrected chi connectivity index (χ4v) is 11.0. The van der Waals surface area contributed by atoms with E-state index in [2.05, 4.69) is 23.6 Å². The molecule has 3 saturated heterocycles. The van der Waals surface area contributed by atoms with Gasteiger partial charge >= 0.3 is 30.2 Å². The van der Waals surface area contributed by atoms with Crippen molar-refractivity contribution in [2.75, 3.05) is 54.4 Å². The molecule has 6 aliphatic rings. The van der Waals surface area contributed by atoms with Gasteiger partial charge in [-0.25, -0.2) is 19.2 Å². The van der Waals surface area contributed by atoms with Crippen LogP contribution in [0.15, 0.2) is 35.1 Å². The van der Waals surface area contributed by atoms with Gasteiger partial charge in [0.05, 0.1) is 45.0 Å².